The lowest BCUT2D eigenvalue weighted by Gasteiger charge is -2.23. The summed E-state index contributed by atoms with van der Waals surface area (Å²) < 4.78 is 5.10. The molecule has 2 fully saturated rings. The van der Waals surface area contributed by atoms with Crippen LogP contribution in [-0.2, 0) is 19.1 Å². The van der Waals surface area contributed by atoms with Crippen LogP contribution in [0.2, 0.25) is 0 Å². The zero-order valence-electron chi connectivity index (χ0n) is 16.1. The van der Waals surface area contributed by atoms with Crippen LogP contribution < -0.4 is 10.6 Å². The molecular formula is C21H24N2O4S2. The molecule has 2 heterocycles. The van der Waals surface area contributed by atoms with Gasteiger partial charge >= 0.3 is 5.97 Å². The maximum Gasteiger partial charge on any atom is 0.324 e. The largest absolute Gasteiger partial charge is 0.465 e. The highest BCUT2D eigenvalue weighted by molar-refractivity contribution is 8.01. The van der Waals surface area contributed by atoms with Gasteiger partial charge < -0.3 is 4.74 Å². The first kappa shape index (κ1) is 20.7. The minimum absolute atomic E-state index is 0.0606. The fourth-order valence-electron chi connectivity index (χ4n) is 4.09. The second-order valence-corrected chi connectivity index (χ2v) is 9.51. The average molecular weight is 433 g/mol. The molecule has 154 valence electrons. The van der Waals surface area contributed by atoms with Crippen LogP contribution in [0.5, 0.6) is 0 Å². The molecule has 2 saturated heterocycles. The molecule has 0 spiro atoms. The number of Topliss-reactive ketones (excluding diaryl/α,β-unsaturated/α-hetero) is 2. The highest BCUT2D eigenvalue weighted by Gasteiger charge is 2.47. The molecule has 1 aromatic rings. The van der Waals surface area contributed by atoms with Crippen LogP contribution in [0.25, 0.3) is 6.08 Å². The van der Waals surface area contributed by atoms with Gasteiger partial charge in [-0.2, -0.15) is 0 Å². The van der Waals surface area contributed by atoms with Crippen molar-refractivity contribution < 1.29 is 19.1 Å². The number of rotatable bonds is 7. The quantitative estimate of drug-likeness (QED) is 0.633. The molecule has 0 aromatic heterocycles. The Labute approximate surface area is 178 Å². The summed E-state index contributed by atoms with van der Waals surface area (Å²) in [5, 5.41) is 5.27. The van der Waals surface area contributed by atoms with Gasteiger partial charge in [-0.05, 0) is 18.1 Å². The summed E-state index contributed by atoms with van der Waals surface area (Å²) in [5.74, 6) is 0.709. The van der Waals surface area contributed by atoms with Gasteiger partial charge in [0.1, 0.15) is 11.8 Å². The van der Waals surface area contributed by atoms with Crippen molar-refractivity contribution in [1.82, 2.24) is 10.6 Å². The van der Waals surface area contributed by atoms with Gasteiger partial charge in [0.2, 0.25) is 0 Å². The standard InChI is InChI=1S/C21H24N2O4S2/c1-2-27-21(26)17-20(29-11-23-17)18(25)16-19(28-10-22-16)15(24)9-13-8-7-12-5-3-4-6-14(12)13/h3-8,13,16-17,19-20,22-23H,2,9-11H2,1H3/t13?,16-,17+,19?,20?/m1/s1. The Bertz CT molecular complexity index is 844. The zero-order chi connectivity index (χ0) is 20.4. The molecule has 0 amide bonds. The molecular weight excluding hydrogens is 408 g/mol. The Balaban J connectivity index is 1.43. The minimum Gasteiger partial charge on any atom is -0.465 e. The Morgan fingerprint density at radius 1 is 1.07 bits per heavy atom. The smallest absolute Gasteiger partial charge is 0.324 e. The van der Waals surface area contributed by atoms with Crippen LogP contribution in [0.1, 0.15) is 30.4 Å². The van der Waals surface area contributed by atoms with Crippen LogP contribution in [0.4, 0.5) is 0 Å². The number of hydrogen-bond donors (Lipinski definition) is 2. The molecule has 8 heteroatoms. The molecule has 4 rings (SSSR count). The first-order valence-electron chi connectivity index (χ1n) is 9.80. The van der Waals surface area contributed by atoms with E-state index in [9.17, 15) is 14.4 Å². The van der Waals surface area contributed by atoms with Gasteiger partial charge in [0.25, 0.3) is 0 Å². The van der Waals surface area contributed by atoms with Gasteiger partial charge in [0, 0.05) is 24.1 Å². The van der Waals surface area contributed by atoms with Gasteiger partial charge in [0.15, 0.2) is 5.78 Å². The fourth-order valence-corrected chi connectivity index (χ4v) is 6.41. The number of fused-ring (bicyclic) bond motifs is 1. The topological polar surface area (TPSA) is 84.5 Å². The molecule has 3 unspecified atom stereocenters. The van der Waals surface area contributed by atoms with E-state index in [-0.39, 0.29) is 24.1 Å². The number of carbonyl (C=O) groups is 3. The Morgan fingerprint density at radius 3 is 2.59 bits per heavy atom. The minimum atomic E-state index is -0.653. The van der Waals surface area contributed by atoms with Crippen molar-refractivity contribution in [3.05, 3.63) is 41.5 Å². The molecule has 0 bridgehead atoms. The Kier molecular flexibility index (Phi) is 6.44. The molecule has 1 aliphatic carbocycles. The molecule has 1 aromatic carbocycles. The summed E-state index contributed by atoms with van der Waals surface area (Å²) in [6.45, 7) is 2.02. The number of hydrogen-bond acceptors (Lipinski definition) is 8. The van der Waals surface area contributed by atoms with Gasteiger partial charge in [-0.3, -0.25) is 25.0 Å². The molecule has 6 nitrogen and oxygen atoms in total. The molecule has 5 atom stereocenters. The summed E-state index contributed by atoms with van der Waals surface area (Å²) in [7, 11) is 0. The van der Waals surface area contributed by atoms with Crippen LogP contribution in [0.15, 0.2) is 30.3 Å². The normalized spacial score (nSPS) is 30.3. The third kappa shape index (κ3) is 4.17. The molecule has 0 radical (unpaired) electrons. The summed E-state index contributed by atoms with van der Waals surface area (Å²) in [4.78, 5) is 38.5. The Hall–Kier alpha value is -1.61. The highest BCUT2D eigenvalue weighted by atomic mass is 32.2. The van der Waals surface area contributed by atoms with E-state index >= 15 is 0 Å². The number of nitrogens with one attached hydrogen (secondary N) is 2. The lowest BCUT2D eigenvalue weighted by atomic mass is 9.91. The average Bonchev–Trinajstić information content (AvgIpc) is 3.47. The number of ketones is 2. The fraction of sp³-hybridized carbons (Fsp3) is 0.476. The lowest BCUT2D eigenvalue weighted by molar-refractivity contribution is -0.146. The van der Waals surface area contributed by atoms with Crippen LogP contribution in [0.3, 0.4) is 0 Å². The number of ether oxygens (including phenoxy) is 1. The first-order chi connectivity index (χ1) is 14.1. The third-order valence-corrected chi connectivity index (χ3v) is 7.93. The van der Waals surface area contributed by atoms with Crippen LogP contribution in [-0.4, -0.2) is 58.5 Å². The van der Waals surface area contributed by atoms with E-state index in [0.717, 1.165) is 11.1 Å². The van der Waals surface area contributed by atoms with Crippen molar-refractivity contribution in [2.24, 2.45) is 0 Å². The van der Waals surface area contributed by atoms with E-state index in [0.29, 0.717) is 18.2 Å². The maximum absolute atomic E-state index is 13.2. The van der Waals surface area contributed by atoms with E-state index in [2.05, 4.69) is 28.9 Å². The first-order valence-corrected chi connectivity index (χ1v) is 11.9. The molecule has 29 heavy (non-hydrogen) atoms. The number of allylic oxidation sites excluding steroid dienone is 1. The van der Waals surface area contributed by atoms with Crippen molar-refractivity contribution >= 4 is 47.1 Å². The van der Waals surface area contributed by atoms with E-state index in [1.54, 1.807) is 6.92 Å². The number of thioether (sulfide) groups is 2. The van der Waals surface area contributed by atoms with Crippen molar-refractivity contribution in [1.29, 1.82) is 0 Å². The second-order valence-electron chi connectivity index (χ2n) is 7.25. The van der Waals surface area contributed by atoms with Crippen molar-refractivity contribution in [2.75, 3.05) is 18.4 Å². The van der Waals surface area contributed by atoms with Crippen LogP contribution in [0, 0.1) is 0 Å². The zero-order valence-corrected chi connectivity index (χ0v) is 17.8. The van der Waals surface area contributed by atoms with Crippen molar-refractivity contribution in [3.63, 3.8) is 0 Å². The molecule has 3 aliphatic rings. The monoisotopic (exact) mass is 432 g/mol. The van der Waals surface area contributed by atoms with Gasteiger partial charge in [-0.1, -0.05) is 36.4 Å². The second kappa shape index (κ2) is 9.04. The number of carbonyl (C=O) groups excluding carboxylic acids is 3. The van der Waals surface area contributed by atoms with Crippen LogP contribution >= 0.6 is 23.5 Å². The van der Waals surface area contributed by atoms with E-state index in [1.165, 1.54) is 23.5 Å². The van der Waals surface area contributed by atoms with E-state index in [1.807, 2.05) is 18.2 Å². The summed E-state index contributed by atoms with van der Waals surface area (Å²) >= 11 is 2.88. The third-order valence-electron chi connectivity index (χ3n) is 5.51. The number of esters is 1. The molecule has 2 aliphatic heterocycles. The lowest BCUT2D eigenvalue weighted by Crippen LogP contribution is -2.51. The molecule has 0 saturated carbocycles. The summed E-state index contributed by atoms with van der Waals surface area (Å²) in [5.41, 5.74) is 2.32. The summed E-state index contributed by atoms with van der Waals surface area (Å²) in [6.07, 6.45) is 4.51. The van der Waals surface area contributed by atoms with Crippen molar-refractivity contribution in [3.8, 4) is 0 Å². The van der Waals surface area contributed by atoms with Gasteiger partial charge in [-0.25, -0.2) is 0 Å². The predicted molar refractivity (Wildman–Crippen MR) is 116 cm³/mol. The summed E-state index contributed by atoms with van der Waals surface area (Å²) in [6, 6.07) is 6.87. The SMILES string of the molecule is CCOC(=O)[C@H]1NCSC1C(=O)[C@H]1NCSC1C(=O)CC1C=Cc2ccccc21. The Morgan fingerprint density at radius 2 is 1.79 bits per heavy atom. The number of benzene rings is 1. The van der Waals surface area contributed by atoms with Gasteiger partial charge in [0.05, 0.1) is 23.1 Å². The highest BCUT2D eigenvalue weighted by Crippen LogP contribution is 2.36. The molecule has 2 N–H and O–H groups in total. The van der Waals surface area contributed by atoms with E-state index in [4.69, 9.17) is 4.74 Å². The van der Waals surface area contributed by atoms with Gasteiger partial charge in [-0.15, -0.1) is 23.5 Å². The van der Waals surface area contributed by atoms with Crippen molar-refractivity contribution in [2.45, 2.75) is 41.8 Å². The predicted octanol–water partition coefficient (Wildman–Crippen LogP) is 1.95. The maximum atomic E-state index is 13.2. The van der Waals surface area contributed by atoms with E-state index < -0.39 is 28.6 Å².